The molecular formula is C14H14FNO2. The van der Waals surface area contributed by atoms with Crippen molar-refractivity contribution >= 4 is 16.7 Å². The molecule has 2 rings (SSSR count). The molecule has 4 heteroatoms. The van der Waals surface area contributed by atoms with Gasteiger partial charge in [-0.15, -0.1) is 0 Å². The van der Waals surface area contributed by atoms with Gasteiger partial charge in [-0.2, -0.15) is 0 Å². The summed E-state index contributed by atoms with van der Waals surface area (Å²) in [6, 6.07) is 8.94. The number of carboxylic acids is 1. The van der Waals surface area contributed by atoms with Gasteiger partial charge in [0.15, 0.2) is 0 Å². The highest BCUT2D eigenvalue weighted by atomic mass is 19.1. The summed E-state index contributed by atoms with van der Waals surface area (Å²) in [6.45, 7) is 1.73. The van der Waals surface area contributed by atoms with Crippen molar-refractivity contribution in [3.05, 3.63) is 47.8 Å². The lowest BCUT2D eigenvalue weighted by molar-refractivity contribution is -0.138. The summed E-state index contributed by atoms with van der Waals surface area (Å²) in [5, 5.41) is 10.1. The van der Waals surface area contributed by atoms with Crippen molar-refractivity contribution in [3.63, 3.8) is 0 Å². The summed E-state index contributed by atoms with van der Waals surface area (Å²) in [5.74, 6) is -1.76. The number of carboxylic acid groups (broad SMARTS) is 1. The molecule has 2 aromatic carbocycles. The third-order valence-corrected chi connectivity index (χ3v) is 3.22. The van der Waals surface area contributed by atoms with Crippen molar-refractivity contribution in [2.45, 2.75) is 18.9 Å². The fourth-order valence-electron chi connectivity index (χ4n) is 2.10. The van der Waals surface area contributed by atoms with Gasteiger partial charge in [-0.1, -0.05) is 37.3 Å². The SMILES string of the molecule is C[C@H](c1cccc2c(F)cccc12)[C@H](N)C(=O)O. The van der Waals surface area contributed by atoms with Crippen LogP contribution in [0, 0.1) is 5.82 Å². The van der Waals surface area contributed by atoms with Crippen LogP contribution in [0.25, 0.3) is 10.8 Å². The lowest BCUT2D eigenvalue weighted by Gasteiger charge is -2.18. The fourth-order valence-corrected chi connectivity index (χ4v) is 2.10. The van der Waals surface area contributed by atoms with Crippen LogP contribution in [-0.2, 0) is 4.79 Å². The van der Waals surface area contributed by atoms with Crippen molar-refractivity contribution < 1.29 is 14.3 Å². The number of fused-ring (bicyclic) bond motifs is 1. The van der Waals surface area contributed by atoms with Crippen molar-refractivity contribution in [1.82, 2.24) is 0 Å². The molecule has 0 aromatic heterocycles. The molecule has 0 saturated carbocycles. The summed E-state index contributed by atoms with van der Waals surface area (Å²) in [7, 11) is 0. The molecule has 3 N–H and O–H groups in total. The Kier molecular flexibility index (Phi) is 3.30. The first-order chi connectivity index (χ1) is 8.52. The Hall–Kier alpha value is -1.94. The first-order valence-corrected chi connectivity index (χ1v) is 5.68. The third kappa shape index (κ3) is 2.07. The van der Waals surface area contributed by atoms with E-state index in [0.717, 1.165) is 5.56 Å². The van der Waals surface area contributed by atoms with Gasteiger partial charge in [0.25, 0.3) is 0 Å². The molecular weight excluding hydrogens is 233 g/mol. The second-order valence-electron chi connectivity index (χ2n) is 4.33. The molecule has 0 amide bonds. The van der Waals surface area contributed by atoms with E-state index in [4.69, 9.17) is 10.8 Å². The number of rotatable bonds is 3. The predicted octanol–water partition coefficient (Wildman–Crippen LogP) is 2.49. The molecule has 18 heavy (non-hydrogen) atoms. The van der Waals surface area contributed by atoms with Gasteiger partial charge in [0.2, 0.25) is 0 Å². The molecule has 0 spiro atoms. The smallest absolute Gasteiger partial charge is 0.321 e. The largest absolute Gasteiger partial charge is 0.480 e. The van der Waals surface area contributed by atoms with E-state index >= 15 is 0 Å². The Balaban J connectivity index is 2.58. The van der Waals surface area contributed by atoms with Crippen molar-refractivity contribution in [3.8, 4) is 0 Å². The highest BCUT2D eigenvalue weighted by molar-refractivity contribution is 5.87. The maximum atomic E-state index is 13.6. The van der Waals surface area contributed by atoms with E-state index in [1.807, 2.05) is 0 Å². The van der Waals surface area contributed by atoms with E-state index in [0.29, 0.717) is 10.8 Å². The predicted molar refractivity (Wildman–Crippen MR) is 67.9 cm³/mol. The molecule has 94 valence electrons. The van der Waals surface area contributed by atoms with Crippen LogP contribution >= 0.6 is 0 Å². The van der Waals surface area contributed by atoms with E-state index in [2.05, 4.69) is 0 Å². The molecule has 0 heterocycles. The minimum Gasteiger partial charge on any atom is -0.480 e. The molecule has 0 aliphatic rings. The summed E-state index contributed by atoms with van der Waals surface area (Å²) in [6.07, 6.45) is 0. The van der Waals surface area contributed by atoms with Crippen LogP contribution in [0.2, 0.25) is 0 Å². The highest BCUT2D eigenvalue weighted by Crippen LogP contribution is 2.28. The van der Waals surface area contributed by atoms with Gasteiger partial charge < -0.3 is 10.8 Å². The number of aliphatic carboxylic acids is 1. The second-order valence-corrected chi connectivity index (χ2v) is 4.33. The zero-order valence-corrected chi connectivity index (χ0v) is 9.93. The fraction of sp³-hybridized carbons (Fsp3) is 0.214. The van der Waals surface area contributed by atoms with Gasteiger partial charge in [-0.05, 0) is 17.0 Å². The number of nitrogens with two attached hydrogens (primary N) is 1. The van der Waals surface area contributed by atoms with Crippen LogP contribution in [0.5, 0.6) is 0 Å². The van der Waals surface area contributed by atoms with E-state index in [-0.39, 0.29) is 11.7 Å². The van der Waals surface area contributed by atoms with Gasteiger partial charge in [-0.25, -0.2) is 4.39 Å². The lowest BCUT2D eigenvalue weighted by Crippen LogP contribution is -2.35. The Bertz CT molecular complexity index is 597. The molecule has 0 fully saturated rings. The summed E-state index contributed by atoms with van der Waals surface area (Å²) in [5.41, 5.74) is 6.38. The Morgan fingerprint density at radius 1 is 1.22 bits per heavy atom. The van der Waals surface area contributed by atoms with Crippen molar-refractivity contribution in [2.24, 2.45) is 5.73 Å². The topological polar surface area (TPSA) is 63.3 Å². The van der Waals surface area contributed by atoms with Gasteiger partial charge in [0.05, 0.1) is 0 Å². The normalized spacial score (nSPS) is 14.4. The zero-order valence-electron chi connectivity index (χ0n) is 9.93. The van der Waals surface area contributed by atoms with E-state index in [9.17, 15) is 9.18 Å². The Morgan fingerprint density at radius 3 is 2.50 bits per heavy atom. The quantitative estimate of drug-likeness (QED) is 0.875. The second kappa shape index (κ2) is 4.74. The molecule has 3 nitrogen and oxygen atoms in total. The summed E-state index contributed by atoms with van der Waals surface area (Å²) >= 11 is 0. The number of halogens is 1. The van der Waals surface area contributed by atoms with Crippen LogP contribution in [0.4, 0.5) is 4.39 Å². The first-order valence-electron chi connectivity index (χ1n) is 5.68. The van der Waals surface area contributed by atoms with Gasteiger partial charge in [0.1, 0.15) is 11.9 Å². The molecule has 0 bridgehead atoms. The third-order valence-electron chi connectivity index (χ3n) is 3.22. The van der Waals surface area contributed by atoms with E-state index in [1.165, 1.54) is 6.07 Å². The first kappa shape index (κ1) is 12.5. The number of hydrogen-bond donors (Lipinski definition) is 2. The van der Waals surface area contributed by atoms with Crippen molar-refractivity contribution in [2.75, 3.05) is 0 Å². The van der Waals surface area contributed by atoms with Crippen LogP contribution in [0.1, 0.15) is 18.4 Å². The Labute approximate surface area is 104 Å². The molecule has 0 aliphatic heterocycles. The van der Waals surface area contributed by atoms with Crippen LogP contribution in [-0.4, -0.2) is 17.1 Å². The van der Waals surface area contributed by atoms with Crippen LogP contribution in [0.15, 0.2) is 36.4 Å². The lowest BCUT2D eigenvalue weighted by atomic mass is 9.89. The number of hydrogen-bond acceptors (Lipinski definition) is 2. The standard InChI is InChI=1S/C14H14FNO2/c1-8(13(16)14(17)18)9-4-2-6-11-10(9)5-3-7-12(11)15/h2-8,13H,16H2,1H3,(H,17,18)/t8-,13+/m1/s1. The minimum absolute atomic E-state index is 0.314. The summed E-state index contributed by atoms with van der Waals surface area (Å²) < 4.78 is 13.6. The van der Waals surface area contributed by atoms with Crippen LogP contribution in [0.3, 0.4) is 0 Å². The molecule has 0 aliphatic carbocycles. The Morgan fingerprint density at radius 2 is 1.83 bits per heavy atom. The van der Waals surface area contributed by atoms with Gasteiger partial charge >= 0.3 is 5.97 Å². The molecule has 0 saturated heterocycles. The molecule has 2 atom stereocenters. The molecule has 0 radical (unpaired) electrons. The van der Waals surface area contributed by atoms with E-state index in [1.54, 1.807) is 37.3 Å². The molecule has 2 aromatic rings. The van der Waals surface area contributed by atoms with Crippen LogP contribution < -0.4 is 5.73 Å². The highest BCUT2D eigenvalue weighted by Gasteiger charge is 2.23. The number of benzene rings is 2. The van der Waals surface area contributed by atoms with Crippen molar-refractivity contribution in [1.29, 1.82) is 0 Å². The maximum Gasteiger partial charge on any atom is 0.321 e. The number of carbonyl (C=O) groups is 1. The zero-order chi connectivity index (χ0) is 13.3. The van der Waals surface area contributed by atoms with Gasteiger partial charge in [0, 0.05) is 11.3 Å². The monoisotopic (exact) mass is 247 g/mol. The summed E-state index contributed by atoms with van der Waals surface area (Å²) in [4.78, 5) is 10.9. The average Bonchev–Trinajstić information content (AvgIpc) is 2.37. The van der Waals surface area contributed by atoms with E-state index < -0.39 is 12.0 Å². The maximum absolute atomic E-state index is 13.6. The molecule has 0 unspecified atom stereocenters. The average molecular weight is 247 g/mol. The minimum atomic E-state index is -1.06. The van der Waals surface area contributed by atoms with Gasteiger partial charge in [-0.3, -0.25) is 4.79 Å².